The molecule has 0 spiro atoms. The van der Waals surface area contributed by atoms with Crippen LogP contribution in [-0.2, 0) is 32.7 Å². The first-order valence-electron chi connectivity index (χ1n) is 7.26. The average molecular weight is 376 g/mol. The van der Waals surface area contributed by atoms with Crippen LogP contribution < -0.4 is 0 Å². The van der Waals surface area contributed by atoms with E-state index in [2.05, 4.69) is 25.8 Å². The van der Waals surface area contributed by atoms with Crippen LogP contribution >= 0.6 is 0 Å². The van der Waals surface area contributed by atoms with E-state index >= 15 is 0 Å². The summed E-state index contributed by atoms with van der Waals surface area (Å²) in [7, 11) is 0. The molecular formula is C19H24FOY-. The molecule has 22 heavy (non-hydrogen) atoms. The maximum Gasteiger partial charge on any atom is 0.136 e. The molecule has 1 nitrogen and oxygen atoms in total. The smallest absolute Gasteiger partial charge is 0.136 e. The molecule has 3 heteroatoms. The topological polar surface area (TPSA) is 20.2 Å². The molecule has 0 aliphatic rings. The molecular weight excluding hydrogens is 352 g/mol. The maximum atomic E-state index is 13.6. The number of halogens is 1. The van der Waals surface area contributed by atoms with Crippen molar-refractivity contribution in [1.29, 1.82) is 0 Å². The Morgan fingerprint density at radius 1 is 1.27 bits per heavy atom. The minimum absolute atomic E-state index is 0. The van der Waals surface area contributed by atoms with E-state index in [-0.39, 0.29) is 45.1 Å². The Kier molecular flexibility index (Phi) is 13.6. The number of hydrogen-bond acceptors (Lipinski definition) is 1. The third-order valence-corrected chi connectivity index (χ3v) is 2.72. The van der Waals surface area contributed by atoms with Crippen LogP contribution in [0.25, 0.3) is 10.8 Å². The Hall–Kier alpha value is -0.746. The van der Waals surface area contributed by atoms with Crippen LogP contribution in [0, 0.1) is 24.2 Å². The van der Waals surface area contributed by atoms with Crippen molar-refractivity contribution in [2.24, 2.45) is 0 Å². The fraction of sp³-hybridized carbons (Fsp3) is 0.368. The molecule has 0 atom stereocenters. The van der Waals surface area contributed by atoms with Gasteiger partial charge >= 0.3 is 0 Å². The molecule has 0 amide bonds. The molecule has 0 saturated carbocycles. The number of hydrogen-bond donors (Lipinski definition) is 1. The predicted molar refractivity (Wildman–Crippen MR) is 88.9 cm³/mol. The predicted octanol–water partition coefficient (Wildman–Crippen LogP) is 4.91. The molecule has 2 rings (SSSR count). The second-order valence-corrected chi connectivity index (χ2v) is 4.41. The number of aliphatic hydroxyl groups is 1. The minimum atomic E-state index is -0.330. The summed E-state index contributed by atoms with van der Waals surface area (Å²) in [5.41, 5.74) is 1.40. The van der Waals surface area contributed by atoms with Crippen molar-refractivity contribution in [2.75, 3.05) is 6.61 Å². The SMILES string of the molecule is C#Cc1c(F)ccc2c[c-]cc(C(C)C)c12.CC.CCO.[Y]. The summed E-state index contributed by atoms with van der Waals surface area (Å²) in [5, 5.41) is 9.36. The molecule has 117 valence electrons. The Morgan fingerprint density at radius 2 is 1.82 bits per heavy atom. The second kappa shape index (κ2) is 12.8. The van der Waals surface area contributed by atoms with Gasteiger partial charge in [-0.2, -0.15) is 18.2 Å². The first-order valence-corrected chi connectivity index (χ1v) is 7.26. The van der Waals surface area contributed by atoms with Gasteiger partial charge in [0.1, 0.15) is 5.82 Å². The molecule has 0 heterocycles. The van der Waals surface area contributed by atoms with Crippen LogP contribution in [0.3, 0.4) is 0 Å². The fourth-order valence-corrected chi connectivity index (χ4v) is 1.91. The van der Waals surface area contributed by atoms with Gasteiger partial charge in [0, 0.05) is 44.9 Å². The van der Waals surface area contributed by atoms with Gasteiger partial charge in [0.2, 0.25) is 0 Å². The number of aliphatic hydroxyl groups excluding tert-OH is 1. The van der Waals surface area contributed by atoms with Crippen LogP contribution in [-0.4, -0.2) is 11.7 Å². The Labute approximate surface area is 159 Å². The van der Waals surface area contributed by atoms with Gasteiger partial charge in [-0.15, -0.1) is 28.8 Å². The van der Waals surface area contributed by atoms with Crippen LogP contribution in [0.5, 0.6) is 0 Å². The summed E-state index contributed by atoms with van der Waals surface area (Å²) in [6, 6.07) is 9.94. The van der Waals surface area contributed by atoms with Gasteiger partial charge < -0.3 is 5.11 Å². The molecule has 0 bridgehead atoms. The molecule has 0 aliphatic carbocycles. The van der Waals surface area contributed by atoms with Gasteiger partial charge in [-0.3, -0.25) is 0 Å². The molecule has 2 aromatic carbocycles. The van der Waals surface area contributed by atoms with Crippen molar-refractivity contribution < 1.29 is 42.2 Å². The van der Waals surface area contributed by atoms with Gasteiger partial charge in [0.05, 0.1) is 0 Å². The van der Waals surface area contributed by atoms with E-state index in [1.807, 2.05) is 26.0 Å². The molecule has 0 fully saturated rings. The molecule has 0 aliphatic heterocycles. The fourth-order valence-electron chi connectivity index (χ4n) is 1.91. The van der Waals surface area contributed by atoms with Gasteiger partial charge in [-0.25, -0.2) is 4.39 Å². The summed E-state index contributed by atoms with van der Waals surface area (Å²) < 4.78 is 13.6. The molecule has 2 aromatic rings. The number of rotatable bonds is 1. The summed E-state index contributed by atoms with van der Waals surface area (Å²) in [4.78, 5) is 0. The van der Waals surface area contributed by atoms with E-state index < -0.39 is 0 Å². The van der Waals surface area contributed by atoms with Gasteiger partial charge in [-0.05, 0) is 13.0 Å². The van der Waals surface area contributed by atoms with Crippen molar-refractivity contribution >= 4 is 10.8 Å². The first-order chi connectivity index (χ1) is 10.1. The third kappa shape index (κ3) is 6.17. The second-order valence-electron chi connectivity index (χ2n) is 4.41. The molecule has 1 radical (unpaired) electrons. The van der Waals surface area contributed by atoms with Crippen molar-refractivity contribution in [3.63, 3.8) is 0 Å². The Balaban J connectivity index is 0. The summed E-state index contributed by atoms with van der Waals surface area (Å²) in [5.74, 6) is 2.41. The normalized spacial score (nSPS) is 8.86. The van der Waals surface area contributed by atoms with Crippen LogP contribution in [0.4, 0.5) is 4.39 Å². The molecule has 0 aromatic heterocycles. The maximum absolute atomic E-state index is 13.6. The van der Waals surface area contributed by atoms with E-state index in [0.29, 0.717) is 11.5 Å². The van der Waals surface area contributed by atoms with Crippen molar-refractivity contribution in [1.82, 2.24) is 0 Å². The molecule has 0 unspecified atom stereocenters. The first kappa shape index (κ1) is 23.5. The zero-order valence-electron chi connectivity index (χ0n) is 14.1. The van der Waals surface area contributed by atoms with Crippen molar-refractivity contribution in [3.05, 3.63) is 47.3 Å². The van der Waals surface area contributed by atoms with Crippen LogP contribution in [0.1, 0.15) is 51.7 Å². The molecule has 1 N–H and O–H groups in total. The van der Waals surface area contributed by atoms with E-state index in [9.17, 15) is 4.39 Å². The standard InChI is InChI=1S/C15H12F.C2H6O.C2H6.Y/c1-4-12-14(16)9-8-11-6-5-7-13(10(2)3)15(11)12;1-2-3;1-2;/h1,6-10H,2-3H3;3H,2H2,1H3;1-2H3;/q-1;;;. The quantitative estimate of drug-likeness (QED) is 0.554. The monoisotopic (exact) mass is 376 g/mol. The van der Waals surface area contributed by atoms with Crippen molar-refractivity contribution in [2.45, 2.75) is 40.5 Å². The zero-order chi connectivity index (χ0) is 16.4. The van der Waals surface area contributed by atoms with Crippen LogP contribution in [0.2, 0.25) is 0 Å². The minimum Gasteiger partial charge on any atom is -0.397 e. The Morgan fingerprint density at radius 3 is 2.27 bits per heavy atom. The molecule has 0 saturated heterocycles. The van der Waals surface area contributed by atoms with E-state index in [1.54, 1.807) is 13.0 Å². The largest absolute Gasteiger partial charge is 0.397 e. The van der Waals surface area contributed by atoms with E-state index in [0.717, 1.165) is 16.3 Å². The number of fused-ring (bicyclic) bond motifs is 1. The number of terminal acetylenes is 1. The summed E-state index contributed by atoms with van der Waals surface area (Å²) >= 11 is 0. The van der Waals surface area contributed by atoms with E-state index in [4.69, 9.17) is 11.5 Å². The van der Waals surface area contributed by atoms with E-state index in [1.165, 1.54) is 6.07 Å². The van der Waals surface area contributed by atoms with Crippen molar-refractivity contribution in [3.8, 4) is 12.3 Å². The number of benzene rings is 2. The third-order valence-electron chi connectivity index (χ3n) is 2.72. The van der Waals surface area contributed by atoms with Gasteiger partial charge in [-0.1, -0.05) is 39.5 Å². The zero-order valence-corrected chi connectivity index (χ0v) is 16.9. The van der Waals surface area contributed by atoms with Crippen LogP contribution in [0.15, 0.2) is 24.3 Å². The summed E-state index contributed by atoms with van der Waals surface area (Å²) in [6.45, 7) is 10.1. The van der Waals surface area contributed by atoms with Gasteiger partial charge in [0.25, 0.3) is 0 Å². The average Bonchev–Trinajstić information content (AvgIpc) is 2.49. The van der Waals surface area contributed by atoms with Gasteiger partial charge in [0.15, 0.2) is 0 Å². The Bertz CT molecular complexity index is 600. The summed E-state index contributed by atoms with van der Waals surface area (Å²) in [6.07, 6.45) is 5.39.